The normalized spacial score (nSPS) is 17.9. The van der Waals surface area contributed by atoms with Gasteiger partial charge in [-0.1, -0.05) is 88.2 Å². The summed E-state index contributed by atoms with van der Waals surface area (Å²) in [6, 6.07) is 32.4. The van der Waals surface area contributed by atoms with Crippen LogP contribution in [0.25, 0.3) is 0 Å². The van der Waals surface area contributed by atoms with Crippen molar-refractivity contribution < 1.29 is 19.4 Å². The lowest BCUT2D eigenvalue weighted by Gasteiger charge is -2.31. The highest BCUT2D eigenvalue weighted by Gasteiger charge is 2.53. The van der Waals surface area contributed by atoms with Crippen molar-refractivity contribution >= 4 is 39.3 Å². The topological polar surface area (TPSA) is 80.2 Å². The van der Waals surface area contributed by atoms with Gasteiger partial charge in [-0.3, -0.25) is 4.79 Å². The molecule has 210 valence electrons. The van der Waals surface area contributed by atoms with Crippen molar-refractivity contribution in [3.63, 3.8) is 0 Å². The van der Waals surface area contributed by atoms with Crippen LogP contribution in [0.4, 0.5) is 0 Å². The third-order valence-electron chi connectivity index (χ3n) is 6.90. The van der Waals surface area contributed by atoms with E-state index in [0.717, 1.165) is 26.7 Å². The molecule has 0 aromatic heterocycles. The molecule has 0 spiro atoms. The number of benzene rings is 4. The Hall–Kier alpha value is -3.65. The van der Waals surface area contributed by atoms with Gasteiger partial charge >= 0.3 is 0 Å². The van der Waals surface area contributed by atoms with Gasteiger partial charge in [0.1, 0.15) is 5.75 Å². The highest BCUT2D eigenvalue weighted by Crippen LogP contribution is 2.44. The highest BCUT2D eigenvalue weighted by molar-refractivity contribution is 9.10. The van der Waals surface area contributed by atoms with Gasteiger partial charge in [0.05, 0.1) is 6.61 Å². The lowest BCUT2D eigenvalue weighted by atomic mass is 9.82. The molecule has 5 rings (SSSR count). The lowest BCUT2D eigenvalue weighted by molar-refractivity contribution is -0.129. The molecule has 0 unspecified atom stereocenters. The molecule has 4 aromatic carbocycles. The van der Waals surface area contributed by atoms with Crippen LogP contribution in [-0.2, 0) is 22.5 Å². The molecule has 0 aliphatic carbocycles. The number of aliphatic imine (C=N–C) groups is 1. The van der Waals surface area contributed by atoms with E-state index in [2.05, 4.69) is 21.2 Å². The van der Waals surface area contributed by atoms with Gasteiger partial charge in [0.2, 0.25) is 5.90 Å². The molecular weight excluding hydrogens is 604 g/mol. The summed E-state index contributed by atoms with van der Waals surface area (Å²) in [5.74, 6) is 0.820. The summed E-state index contributed by atoms with van der Waals surface area (Å²) in [5.41, 5.74) is 2.16. The van der Waals surface area contributed by atoms with Gasteiger partial charge in [0.15, 0.2) is 11.6 Å². The lowest BCUT2D eigenvalue weighted by Crippen LogP contribution is -2.49. The van der Waals surface area contributed by atoms with Crippen LogP contribution in [0.3, 0.4) is 0 Å². The molecule has 2 N–H and O–H groups in total. The Morgan fingerprint density at radius 3 is 2.37 bits per heavy atom. The number of nitrogens with one attached hydrogen (secondary N) is 1. The average molecular weight is 634 g/mol. The Balaban J connectivity index is 1.54. The van der Waals surface area contributed by atoms with Gasteiger partial charge in [0, 0.05) is 46.6 Å². The minimum absolute atomic E-state index is 0.0722. The highest BCUT2D eigenvalue weighted by atomic mass is 79.9. The summed E-state index contributed by atoms with van der Waals surface area (Å²) in [5, 5.41) is 12.8. The number of aliphatic hydroxyl groups excluding tert-OH is 1. The van der Waals surface area contributed by atoms with E-state index in [9.17, 15) is 4.79 Å². The van der Waals surface area contributed by atoms with E-state index < -0.39 is 11.6 Å². The summed E-state index contributed by atoms with van der Waals surface area (Å²) in [4.78, 5) is 19.4. The number of hydrogen-bond donors (Lipinski definition) is 2. The first kappa shape index (κ1) is 28.9. The second-order valence-corrected chi connectivity index (χ2v) is 11.1. The van der Waals surface area contributed by atoms with E-state index in [0.29, 0.717) is 42.7 Å². The van der Waals surface area contributed by atoms with Crippen molar-refractivity contribution in [3.8, 4) is 5.75 Å². The summed E-state index contributed by atoms with van der Waals surface area (Å²) in [6.07, 6.45) is 0.190. The minimum atomic E-state index is -1.29. The Labute approximate surface area is 253 Å². The maximum absolute atomic E-state index is 14.3. The van der Waals surface area contributed by atoms with Gasteiger partial charge in [-0.2, -0.15) is 0 Å². The third kappa shape index (κ3) is 6.81. The quantitative estimate of drug-likeness (QED) is 0.181. The SMILES string of the molecule is O=C(NCc1ccc(Cl)cc1)[C@]1(Cc2ccccc2)N=C(c2ccc(OCCCO)cc2)O[C@@H]1c1ccccc1Br. The van der Waals surface area contributed by atoms with Gasteiger partial charge < -0.3 is 19.9 Å². The van der Waals surface area contributed by atoms with Crippen LogP contribution < -0.4 is 10.1 Å². The molecule has 41 heavy (non-hydrogen) atoms. The van der Waals surface area contributed by atoms with Crippen LogP contribution in [0, 0.1) is 0 Å². The second-order valence-electron chi connectivity index (χ2n) is 9.78. The van der Waals surface area contributed by atoms with Crippen molar-refractivity contribution in [3.05, 3.63) is 135 Å². The monoisotopic (exact) mass is 632 g/mol. The van der Waals surface area contributed by atoms with E-state index in [1.165, 1.54) is 0 Å². The molecule has 1 amide bonds. The van der Waals surface area contributed by atoms with Crippen molar-refractivity contribution in [2.24, 2.45) is 4.99 Å². The van der Waals surface area contributed by atoms with Crippen molar-refractivity contribution in [1.29, 1.82) is 0 Å². The van der Waals surface area contributed by atoms with Gasteiger partial charge in [0.25, 0.3) is 5.91 Å². The number of hydrogen-bond acceptors (Lipinski definition) is 5. The fourth-order valence-electron chi connectivity index (χ4n) is 4.79. The maximum atomic E-state index is 14.3. The molecule has 1 aliphatic heterocycles. The molecule has 2 atom stereocenters. The summed E-state index contributed by atoms with van der Waals surface area (Å²) in [7, 11) is 0. The fourth-order valence-corrected chi connectivity index (χ4v) is 5.41. The molecule has 1 heterocycles. The molecule has 0 fully saturated rings. The number of halogens is 2. The molecule has 0 saturated heterocycles. The van der Waals surface area contributed by atoms with Crippen LogP contribution in [0.1, 0.15) is 34.8 Å². The molecule has 0 bridgehead atoms. The summed E-state index contributed by atoms with van der Waals surface area (Å²) in [6.45, 7) is 0.814. The maximum Gasteiger partial charge on any atom is 0.252 e. The predicted molar refractivity (Wildman–Crippen MR) is 164 cm³/mol. The molecule has 0 saturated carbocycles. The number of carbonyl (C=O) groups is 1. The summed E-state index contributed by atoms with van der Waals surface area (Å²) < 4.78 is 13.1. The number of rotatable bonds is 11. The smallest absolute Gasteiger partial charge is 0.252 e. The first-order chi connectivity index (χ1) is 20.0. The van der Waals surface area contributed by atoms with Crippen LogP contribution in [0.5, 0.6) is 5.75 Å². The summed E-state index contributed by atoms with van der Waals surface area (Å²) >= 11 is 9.75. The van der Waals surface area contributed by atoms with Crippen molar-refractivity contribution in [1.82, 2.24) is 5.32 Å². The fraction of sp³-hybridized carbons (Fsp3) is 0.212. The Morgan fingerprint density at radius 1 is 0.951 bits per heavy atom. The standard InChI is InChI=1S/C33H30BrClN2O4/c34-29-10-5-4-9-28(29)30-33(21-23-7-2-1-3-8-23,32(39)36-22-24-11-15-26(35)16-12-24)37-31(41-30)25-13-17-27(18-14-25)40-20-6-19-38/h1-5,7-18,30,38H,6,19-22H2,(H,36,39)/t30-,33-/m1/s1. The molecule has 4 aromatic rings. The Kier molecular flexibility index (Phi) is 9.39. The van der Waals surface area contributed by atoms with Crippen molar-refractivity contribution in [2.75, 3.05) is 13.2 Å². The first-order valence-corrected chi connectivity index (χ1v) is 14.6. The third-order valence-corrected chi connectivity index (χ3v) is 7.87. The zero-order valence-corrected chi connectivity index (χ0v) is 24.6. The number of carbonyl (C=O) groups excluding carboxylic acids is 1. The van der Waals surface area contributed by atoms with Gasteiger partial charge in [-0.15, -0.1) is 0 Å². The van der Waals surface area contributed by atoms with Crippen LogP contribution in [-0.4, -0.2) is 35.7 Å². The second kappa shape index (κ2) is 13.3. The predicted octanol–water partition coefficient (Wildman–Crippen LogP) is 6.68. The zero-order valence-electron chi connectivity index (χ0n) is 22.3. The molecule has 0 radical (unpaired) electrons. The molecule has 6 nitrogen and oxygen atoms in total. The Morgan fingerprint density at radius 2 is 1.66 bits per heavy atom. The van der Waals surface area contributed by atoms with Crippen molar-refractivity contribution in [2.45, 2.75) is 31.0 Å². The van der Waals surface area contributed by atoms with Gasteiger partial charge in [-0.25, -0.2) is 4.99 Å². The Bertz CT molecular complexity index is 1500. The molecular formula is C33H30BrClN2O4. The van der Waals surface area contributed by atoms with Crippen LogP contribution in [0.15, 0.2) is 113 Å². The van der Waals surface area contributed by atoms with E-state index >= 15 is 0 Å². The average Bonchev–Trinajstić information content (AvgIpc) is 3.38. The first-order valence-electron chi connectivity index (χ1n) is 13.4. The number of ether oxygens (including phenoxy) is 2. The largest absolute Gasteiger partial charge is 0.494 e. The number of nitrogens with zero attached hydrogens (tertiary/aromatic N) is 1. The minimum Gasteiger partial charge on any atom is -0.494 e. The van der Waals surface area contributed by atoms with E-state index in [-0.39, 0.29) is 12.5 Å². The molecule has 1 aliphatic rings. The number of amides is 1. The van der Waals surface area contributed by atoms with Crippen LogP contribution in [0.2, 0.25) is 5.02 Å². The zero-order chi connectivity index (χ0) is 28.7. The van der Waals surface area contributed by atoms with E-state index in [4.69, 9.17) is 31.2 Å². The van der Waals surface area contributed by atoms with E-state index in [1.807, 2.05) is 91.0 Å². The number of aliphatic hydroxyl groups is 1. The molecule has 8 heteroatoms. The van der Waals surface area contributed by atoms with Gasteiger partial charge in [-0.05, 0) is 53.6 Å². The van der Waals surface area contributed by atoms with E-state index in [1.54, 1.807) is 12.1 Å². The van der Waals surface area contributed by atoms with Crippen LogP contribution >= 0.6 is 27.5 Å².